The number of halogens is 1. The maximum Gasteiger partial charge on any atom is 0.255 e. The molecule has 16 heteroatoms. The van der Waals surface area contributed by atoms with Crippen molar-refractivity contribution >= 4 is 68.0 Å². The molecule has 310 valence electrons. The topological polar surface area (TPSA) is 166 Å². The van der Waals surface area contributed by atoms with E-state index in [9.17, 15) is 22.8 Å². The number of piperidine rings is 2. The highest BCUT2D eigenvalue weighted by Crippen LogP contribution is 2.39. The molecule has 4 aromatic rings. The predicted molar refractivity (Wildman–Crippen MR) is 227 cm³/mol. The van der Waals surface area contributed by atoms with E-state index in [-0.39, 0.29) is 39.9 Å². The Hall–Kier alpha value is -5.25. The molecule has 3 aromatic carbocycles. The second kappa shape index (κ2) is 16.4. The van der Waals surface area contributed by atoms with Gasteiger partial charge in [0.2, 0.25) is 17.8 Å². The number of fused-ring (bicyclic) bond motifs is 1. The van der Waals surface area contributed by atoms with E-state index >= 15 is 0 Å². The van der Waals surface area contributed by atoms with E-state index in [4.69, 9.17) is 16.3 Å². The molecule has 4 aliphatic rings. The molecule has 0 saturated carbocycles. The number of anilines is 5. The number of carbonyl (C=O) groups is 3. The molecule has 14 nitrogen and oxygen atoms in total. The zero-order valence-electron chi connectivity index (χ0n) is 33.6. The number of amides is 3. The summed E-state index contributed by atoms with van der Waals surface area (Å²) in [4.78, 5) is 52.9. The molecule has 59 heavy (non-hydrogen) atoms. The minimum Gasteiger partial charge on any atom is -0.495 e. The maximum atomic E-state index is 13.1. The highest BCUT2D eigenvalue weighted by molar-refractivity contribution is 7.92. The summed E-state index contributed by atoms with van der Waals surface area (Å²) in [5.74, 6) is 1.34. The lowest BCUT2D eigenvalue weighted by molar-refractivity contribution is -0.136. The molecule has 0 radical (unpaired) electrons. The van der Waals surface area contributed by atoms with Crippen molar-refractivity contribution < 1.29 is 27.5 Å². The Kier molecular flexibility index (Phi) is 11.3. The Morgan fingerprint density at radius 3 is 2.47 bits per heavy atom. The number of methoxy groups -OCH3 is 1. The van der Waals surface area contributed by atoms with Crippen molar-refractivity contribution in [1.29, 1.82) is 0 Å². The molecule has 3 amide bonds. The highest BCUT2D eigenvalue weighted by atomic mass is 35.5. The number of nitrogens with zero attached hydrogens (tertiary/aromatic N) is 5. The Morgan fingerprint density at radius 1 is 0.983 bits per heavy atom. The maximum absolute atomic E-state index is 13.1. The van der Waals surface area contributed by atoms with Crippen molar-refractivity contribution in [2.45, 2.75) is 75.1 Å². The van der Waals surface area contributed by atoms with Gasteiger partial charge in [0.15, 0.2) is 15.7 Å². The number of carbonyl (C=O) groups excluding carboxylic acids is 3. The van der Waals surface area contributed by atoms with Crippen molar-refractivity contribution in [2.24, 2.45) is 5.92 Å². The number of sulfone groups is 1. The molecule has 0 aliphatic carbocycles. The molecule has 3 N–H and O–H groups in total. The average molecular weight is 841 g/mol. The molecular weight excluding hydrogens is 792 g/mol. The normalized spacial score (nSPS) is 19.2. The Balaban J connectivity index is 0.852. The minimum atomic E-state index is -3.56. The van der Waals surface area contributed by atoms with E-state index in [2.05, 4.69) is 60.8 Å². The van der Waals surface area contributed by atoms with Crippen LogP contribution in [0.1, 0.15) is 72.5 Å². The predicted octanol–water partition coefficient (Wildman–Crippen LogP) is 6.19. The van der Waals surface area contributed by atoms with Gasteiger partial charge in [0.25, 0.3) is 5.91 Å². The molecule has 4 aliphatic heterocycles. The van der Waals surface area contributed by atoms with Crippen LogP contribution in [0.5, 0.6) is 5.75 Å². The average Bonchev–Trinajstić information content (AvgIpc) is 3.52. The van der Waals surface area contributed by atoms with Crippen LogP contribution in [0.3, 0.4) is 0 Å². The number of aromatic nitrogens is 2. The van der Waals surface area contributed by atoms with Gasteiger partial charge in [-0.25, -0.2) is 13.4 Å². The largest absolute Gasteiger partial charge is 0.495 e. The summed E-state index contributed by atoms with van der Waals surface area (Å²) in [5.41, 5.74) is 6.14. The van der Waals surface area contributed by atoms with Crippen LogP contribution in [0, 0.1) is 12.8 Å². The van der Waals surface area contributed by atoms with Crippen molar-refractivity contribution in [3.05, 3.63) is 88.1 Å². The monoisotopic (exact) mass is 840 g/mol. The van der Waals surface area contributed by atoms with Gasteiger partial charge < -0.3 is 30.1 Å². The van der Waals surface area contributed by atoms with Crippen molar-refractivity contribution in [3.8, 4) is 5.75 Å². The van der Waals surface area contributed by atoms with Gasteiger partial charge >= 0.3 is 0 Å². The number of hydrogen-bond donors (Lipinski definition) is 3. The number of aryl methyl sites for hydroxylation is 1. The van der Waals surface area contributed by atoms with Gasteiger partial charge in [-0.05, 0) is 118 Å². The number of para-hydroxylation sites is 1. The third-order valence-electron chi connectivity index (χ3n) is 12.0. The Morgan fingerprint density at radius 2 is 1.75 bits per heavy atom. The smallest absolute Gasteiger partial charge is 0.255 e. The van der Waals surface area contributed by atoms with E-state index < -0.39 is 27.0 Å². The number of imide groups is 1. The lowest BCUT2D eigenvalue weighted by Crippen LogP contribution is -2.52. The van der Waals surface area contributed by atoms with Gasteiger partial charge in [0.1, 0.15) is 16.8 Å². The molecule has 8 rings (SSSR count). The van der Waals surface area contributed by atoms with E-state index in [1.807, 2.05) is 12.1 Å². The summed E-state index contributed by atoms with van der Waals surface area (Å²) >= 11 is 6.48. The molecule has 1 aromatic heterocycles. The summed E-state index contributed by atoms with van der Waals surface area (Å²) in [5, 5.41) is 8.40. The van der Waals surface area contributed by atoms with Gasteiger partial charge in [-0.15, -0.1) is 0 Å². The van der Waals surface area contributed by atoms with Crippen molar-refractivity contribution in [3.63, 3.8) is 0 Å². The first-order valence-electron chi connectivity index (χ1n) is 20.1. The van der Waals surface area contributed by atoms with E-state index in [0.29, 0.717) is 47.5 Å². The molecule has 3 saturated heterocycles. The van der Waals surface area contributed by atoms with Gasteiger partial charge in [0, 0.05) is 49.8 Å². The van der Waals surface area contributed by atoms with Crippen molar-refractivity contribution in [2.75, 3.05) is 55.4 Å². The molecule has 5 heterocycles. The van der Waals surface area contributed by atoms with Crippen LogP contribution in [0.25, 0.3) is 0 Å². The number of benzene rings is 3. The van der Waals surface area contributed by atoms with Crippen LogP contribution in [-0.2, 0) is 26.0 Å². The minimum absolute atomic E-state index is 0.148. The lowest BCUT2D eigenvalue weighted by Gasteiger charge is -2.44. The fourth-order valence-electron chi connectivity index (χ4n) is 8.69. The molecule has 0 bridgehead atoms. The van der Waals surface area contributed by atoms with Crippen LogP contribution in [0.2, 0.25) is 5.02 Å². The first-order valence-corrected chi connectivity index (χ1v) is 22.0. The number of rotatable bonds is 12. The van der Waals surface area contributed by atoms with E-state index in [0.717, 1.165) is 62.4 Å². The van der Waals surface area contributed by atoms with Crippen LogP contribution in [0.4, 0.5) is 28.8 Å². The number of ether oxygens (including phenoxy) is 1. The molecule has 1 atom stereocenters. The van der Waals surface area contributed by atoms with Gasteiger partial charge in [-0.3, -0.25) is 19.7 Å². The zero-order valence-corrected chi connectivity index (χ0v) is 35.2. The van der Waals surface area contributed by atoms with Crippen LogP contribution < -0.4 is 25.6 Å². The second-order valence-corrected chi connectivity index (χ2v) is 19.1. The highest BCUT2D eigenvalue weighted by Gasteiger charge is 2.40. The van der Waals surface area contributed by atoms with Crippen LogP contribution in [0.15, 0.2) is 65.7 Å². The van der Waals surface area contributed by atoms with Gasteiger partial charge in [-0.2, -0.15) is 4.98 Å². The molecular formula is C43H49ClN8O6S. The fourth-order valence-corrected chi connectivity index (χ4v) is 10.0. The standard InChI is InChI=1S/C43H49ClN8O6S/c1-25(2)59(56,57)38-8-6-5-7-34(38)46-40-33(44)20-45-43(49-40)47-35-17-26(3)32(19-37(35)58-4)28-13-15-50(16-14-28)21-27-22-51(23-27)30-9-10-31-29(18-30)24-52(42(31)55)36-11-12-39(53)48-41(36)54/h5-10,17-20,25,27-28,36H,11-16,21-24H2,1-4H3,(H,48,53,54)(H2,45,46,47,49). The number of nitrogens with one attached hydrogen (secondary N) is 3. The molecule has 0 spiro atoms. The van der Waals surface area contributed by atoms with Crippen LogP contribution in [-0.4, -0.2) is 97.0 Å². The third-order valence-corrected chi connectivity index (χ3v) is 14.5. The SMILES string of the molecule is COc1cc(C2CCN(CC3CN(c4ccc5c(c4)CN(C4CCC(=O)NC4=O)C5=O)C3)CC2)c(C)cc1Nc1ncc(Cl)c(Nc2ccccc2S(=O)(=O)C(C)C)n1. The summed E-state index contributed by atoms with van der Waals surface area (Å²) in [7, 11) is -1.92. The number of likely N-dealkylation sites (tertiary alicyclic amines) is 1. The summed E-state index contributed by atoms with van der Waals surface area (Å²) in [6, 6.07) is 16.2. The summed E-state index contributed by atoms with van der Waals surface area (Å²) < 4.78 is 31.9. The first kappa shape index (κ1) is 40.5. The van der Waals surface area contributed by atoms with E-state index in [1.54, 1.807) is 50.1 Å². The Bertz CT molecular complexity index is 2410. The van der Waals surface area contributed by atoms with Gasteiger partial charge in [0.05, 0.1) is 34.8 Å². The Labute approximate surface area is 349 Å². The first-order chi connectivity index (χ1) is 28.3. The number of hydrogen-bond acceptors (Lipinski definition) is 12. The zero-order chi connectivity index (χ0) is 41.6. The molecule has 3 fully saturated rings. The fraction of sp³-hybridized carbons (Fsp3) is 0.419. The van der Waals surface area contributed by atoms with Gasteiger partial charge in [-0.1, -0.05) is 23.7 Å². The summed E-state index contributed by atoms with van der Waals surface area (Å²) in [6.07, 6.45) is 4.15. The summed E-state index contributed by atoms with van der Waals surface area (Å²) in [6.45, 7) is 10.8. The lowest BCUT2D eigenvalue weighted by atomic mass is 9.85. The van der Waals surface area contributed by atoms with Crippen LogP contribution >= 0.6 is 11.6 Å². The quantitative estimate of drug-likeness (QED) is 0.139. The molecule has 1 unspecified atom stereocenters. The van der Waals surface area contributed by atoms with Crippen molar-refractivity contribution in [1.82, 2.24) is 25.1 Å². The second-order valence-electron chi connectivity index (χ2n) is 16.2. The van der Waals surface area contributed by atoms with E-state index in [1.165, 1.54) is 11.8 Å². The third kappa shape index (κ3) is 8.20.